The van der Waals surface area contributed by atoms with E-state index >= 15 is 0 Å². The first-order valence-corrected chi connectivity index (χ1v) is 8.20. The van der Waals surface area contributed by atoms with Gasteiger partial charge in [-0.15, -0.1) is 0 Å². The number of sulfone groups is 1. The minimum atomic E-state index is -4.49. The highest BCUT2D eigenvalue weighted by atomic mass is 35.5. The van der Waals surface area contributed by atoms with Crippen molar-refractivity contribution >= 4 is 27.1 Å². The quantitative estimate of drug-likeness (QED) is 0.906. The van der Waals surface area contributed by atoms with Crippen molar-refractivity contribution in [3.8, 4) is 0 Å². The molecule has 112 valence electrons. The van der Waals surface area contributed by atoms with E-state index < -0.39 is 21.6 Å². The SMILES string of the molecule is O=S1(=O)CCCC(Nc2cc(Cl)cc(C(F)(F)F)c2)C1. The van der Waals surface area contributed by atoms with Gasteiger partial charge in [-0.25, -0.2) is 8.42 Å². The van der Waals surface area contributed by atoms with Gasteiger partial charge in [0.05, 0.1) is 17.1 Å². The fourth-order valence-corrected chi connectivity index (χ4v) is 4.08. The van der Waals surface area contributed by atoms with Crippen LogP contribution >= 0.6 is 11.6 Å². The van der Waals surface area contributed by atoms with Crippen molar-refractivity contribution in [1.82, 2.24) is 0 Å². The molecule has 1 aliphatic rings. The van der Waals surface area contributed by atoms with Crippen LogP contribution in [0.3, 0.4) is 0 Å². The Hall–Kier alpha value is -0.950. The Kier molecular flexibility index (Phi) is 4.20. The lowest BCUT2D eigenvalue weighted by Crippen LogP contribution is -2.34. The average molecular weight is 328 g/mol. The molecule has 1 aliphatic heterocycles. The van der Waals surface area contributed by atoms with Gasteiger partial charge in [-0.2, -0.15) is 13.2 Å². The number of hydrogen-bond donors (Lipinski definition) is 1. The molecule has 3 nitrogen and oxygen atoms in total. The largest absolute Gasteiger partial charge is 0.416 e. The molecule has 0 aromatic heterocycles. The minimum absolute atomic E-state index is 0.0407. The van der Waals surface area contributed by atoms with Crippen LogP contribution in [0.4, 0.5) is 18.9 Å². The van der Waals surface area contributed by atoms with Gasteiger partial charge < -0.3 is 5.32 Å². The first-order valence-electron chi connectivity index (χ1n) is 6.00. The van der Waals surface area contributed by atoms with Crippen molar-refractivity contribution < 1.29 is 21.6 Å². The molecule has 0 bridgehead atoms. The third-order valence-electron chi connectivity index (χ3n) is 3.06. The topological polar surface area (TPSA) is 46.2 Å². The Labute approximate surface area is 120 Å². The van der Waals surface area contributed by atoms with E-state index in [9.17, 15) is 21.6 Å². The zero-order valence-electron chi connectivity index (χ0n) is 10.4. The first-order chi connectivity index (χ1) is 9.16. The van der Waals surface area contributed by atoms with E-state index in [1.54, 1.807) is 0 Å². The van der Waals surface area contributed by atoms with E-state index in [1.807, 2.05) is 0 Å². The Bertz CT molecular complexity index is 601. The summed E-state index contributed by atoms with van der Waals surface area (Å²) in [5.74, 6) is 0.0649. The van der Waals surface area contributed by atoms with Crippen LogP contribution in [-0.4, -0.2) is 26.0 Å². The Balaban J connectivity index is 2.19. The van der Waals surface area contributed by atoms with Crippen LogP contribution in [-0.2, 0) is 16.0 Å². The van der Waals surface area contributed by atoms with Gasteiger partial charge in [0.2, 0.25) is 0 Å². The van der Waals surface area contributed by atoms with E-state index in [0.29, 0.717) is 12.8 Å². The van der Waals surface area contributed by atoms with Crippen molar-refractivity contribution in [3.05, 3.63) is 28.8 Å². The lowest BCUT2D eigenvalue weighted by molar-refractivity contribution is -0.137. The second-order valence-electron chi connectivity index (χ2n) is 4.82. The molecule has 0 radical (unpaired) electrons. The number of benzene rings is 1. The Morgan fingerprint density at radius 2 is 1.95 bits per heavy atom. The molecule has 1 heterocycles. The number of anilines is 1. The molecule has 0 spiro atoms. The molecule has 1 saturated heterocycles. The van der Waals surface area contributed by atoms with Crippen molar-refractivity contribution in [2.24, 2.45) is 0 Å². The second kappa shape index (κ2) is 5.44. The van der Waals surface area contributed by atoms with Gasteiger partial charge in [-0.1, -0.05) is 11.6 Å². The van der Waals surface area contributed by atoms with Gasteiger partial charge in [-0.05, 0) is 31.0 Å². The van der Waals surface area contributed by atoms with E-state index in [0.717, 1.165) is 12.1 Å². The summed E-state index contributed by atoms with van der Waals surface area (Å²) in [7, 11) is -3.12. The molecule has 8 heteroatoms. The minimum Gasteiger partial charge on any atom is -0.381 e. The Morgan fingerprint density at radius 3 is 2.55 bits per heavy atom. The summed E-state index contributed by atoms with van der Waals surface area (Å²) >= 11 is 5.67. The fourth-order valence-electron chi connectivity index (χ4n) is 2.21. The monoisotopic (exact) mass is 327 g/mol. The van der Waals surface area contributed by atoms with Crippen molar-refractivity contribution in [2.75, 3.05) is 16.8 Å². The molecule has 1 fully saturated rings. The molecule has 1 N–H and O–H groups in total. The predicted octanol–water partition coefficient (Wildman–Crippen LogP) is 3.35. The van der Waals surface area contributed by atoms with Crippen LogP contribution in [0, 0.1) is 0 Å². The average Bonchev–Trinajstić information content (AvgIpc) is 2.25. The smallest absolute Gasteiger partial charge is 0.381 e. The Morgan fingerprint density at radius 1 is 1.25 bits per heavy atom. The van der Waals surface area contributed by atoms with Crippen molar-refractivity contribution in [2.45, 2.75) is 25.1 Å². The van der Waals surface area contributed by atoms with Crippen LogP contribution in [0.5, 0.6) is 0 Å². The molecule has 0 saturated carbocycles. The van der Waals surface area contributed by atoms with Crippen LogP contribution in [0.2, 0.25) is 5.02 Å². The molecular weight excluding hydrogens is 315 g/mol. The highest BCUT2D eigenvalue weighted by Crippen LogP contribution is 2.33. The predicted molar refractivity (Wildman–Crippen MR) is 71.8 cm³/mol. The normalized spacial score (nSPS) is 22.5. The summed E-state index contributed by atoms with van der Waals surface area (Å²) in [6.07, 6.45) is -3.38. The highest BCUT2D eigenvalue weighted by Gasteiger charge is 2.31. The van der Waals surface area contributed by atoms with Crippen LogP contribution in [0.25, 0.3) is 0 Å². The van der Waals surface area contributed by atoms with Crippen LogP contribution < -0.4 is 5.32 Å². The van der Waals surface area contributed by atoms with Gasteiger partial charge in [-0.3, -0.25) is 0 Å². The molecule has 0 amide bonds. The summed E-state index contributed by atoms with van der Waals surface area (Å²) in [4.78, 5) is 0. The zero-order valence-corrected chi connectivity index (χ0v) is 11.9. The standard InChI is InChI=1S/C12H13ClF3NO2S/c13-9-4-8(12(14,15)16)5-11(6-9)17-10-2-1-3-20(18,19)7-10/h4-6,10,17H,1-3,7H2. The van der Waals surface area contributed by atoms with E-state index in [2.05, 4.69) is 5.32 Å². The van der Waals surface area contributed by atoms with Gasteiger partial charge in [0, 0.05) is 16.8 Å². The van der Waals surface area contributed by atoms with Crippen LogP contribution in [0.1, 0.15) is 18.4 Å². The number of hydrogen-bond acceptors (Lipinski definition) is 3. The third kappa shape index (κ3) is 4.02. The second-order valence-corrected chi connectivity index (χ2v) is 7.49. The van der Waals surface area contributed by atoms with Crippen molar-refractivity contribution in [1.29, 1.82) is 0 Å². The van der Waals surface area contributed by atoms with Gasteiger partial charge >= 0.3 is 6.18 Å². The lowest BCUT2D eigenvalue weighted by atomic mass is 10.1. The molecule has 2 rings (SSSR count). The first kappa shape index (κ1) is 15.4. The van der Waals surface area contributed by atoms with Gasteiger partial charge in [0.1, 0.15) is 0 Å². The van der Waals surface area contributed by atoms with Gasteiger partial charge in [0.15, 0.2) is 9.84 Å². The molecule has 1 aromatic rings. The maximum absolute atomic E-state index is 12.7. The lowest BCUT2D eigenvalue weighted by Gasteiger charge is -2.24. The highest BCUT2D eigenvalue weighted by molar-refractivity contribution is 7.91. The number of rotatable bonds is 2. The number of halogens is 4. The summed E-state index contributed by atoms with van der Waals surface area (Å²) in [6, 6.07) is 2.75. The maximum Gasteiger partial charge on any atom is 0.416 e. The fraction of sp³-hybridized carbons (Fsp3) is 0.500. The maximum atomic E-state index is 12.7. The zero-order chi connectivity index (χ0) is 15.0. The van der Waals surface area contributed by atoms with Crippen LogP contribution in [0.15, 0.2) is 18.2 Å². The number of alkyl halides is 3. The van der Waals surface area contributed by atoms with Gasteiger partial charge in [0.25, 0.3) is 0 Å². The summed E-state index contributed by atoms with van der Waals surface area (Å²) in [5, 5.41) is 2.79. The van der Waals surface area contributed by atoms with Crippen molar-refractivity contribution in [3.63, 3.8) is 0 Å². The molecule has 1 unspecified atom stereocenters. The van der Waals surface area contributed by atoms with E-state index in [-0.39, 0.29) is 28.3 Å². The third-order valence-corrected chi connectivity index (χ3v) is 5.10. The number of nitrogens with one attached hydrogen (secondary N) is 1. The molecule has 1 atom stereocenters. The summed E-state index contributed by atoms with van der Waals surface area (Å²) in [5.41, 5.74) is -0.668. The summed E-state index contributed by atoms with van der Waals surface area (Å²) < 4.78 is 61.0. The molecular formula is C12H13ClF3NO2S. The molecule has 0 aliphatic carbocycles. The molecule has 1 aromatic carbocycles. The van der Waals surface area contributed by atoms with E-state index in [1.165, 1.54) is 6.07 Å². The molecule has 20 heavy (non-hydrogen) atoms. The summed E-state index contributed by atoms with van der Waals surface area (Å²) in [6.45, 7) is 0. The van der Waals surface area contributed by atoms with E-state index in [4.69, 9.17) is 11.6 Å².